The molecule has 0 aliphatic heterocycles. The maximum absolute atomic E-state index is 14.1. The van der Waals surface area contributed by atoms with Crippen molar-refractivity contribution in [3.63, 3.8) is 0 Å². The van der Waals surface area contributed by atoms with E-state index in [1.807, 2.05) is 6.07 Å². The van der Waals surface area contributed by atoms with Gasteiger partial charge in [-0.05, 0) is 0 Å². The van der Waals surface area contributed by atoms with E-state index in [0.29, 0.717) is 5.56 Å². The molecule has 244 valence electrons. The van der Waals surface area contributed by atoms with Crippen LogP contribution in [0.4, 0.5) is 13.2 Å². The molecule has 47 heavy (non-hydrogen) atoms. The van der Waals surface area contributed by atoms with Crippen LogP contribution in [-0.2, 0) is 44.7 Å². The third kappa shape index (κ3) is 7.56. The van der Waals surface area contributed by atoms with Crippen LogP contribution in [0.3, 0.4) is 0 Å². The summed E-state index contributed by atoms with van der Waals surface area (Å²) in [6, 6.07) is 26.2. The first-order valence-electron chi connectivity index (χ1n) is 15.8. The molecule has 0 heterocycles. The fourth-order valence-corrected chi connectivity index (χ4v) is 14.9. The second kappa shape index (κ2) is 13.8. The van der Waals surface area contributed by atoms with Crippen LogP contribution in [0.1, 0.15) is 86.1 Å². The van der Waals surface area contributed by atoms with Crippen molar-refractivity contribution in [3.8, 4) is 11.1 Å². The summed E-state index contributed by atoms with van der Waals surface area (Å²) in [5, 5.41) is 0. The molecular formula is C41H41Cl2F3Zr. The smallest absolute Gasteiger partial charge is 1.00 e. The van der Waals surface area contributed by atoms with E-state index in [0.717, 1.165) is 20.8 Å². The van der Waals surface area contributed by atoms with Gasteiger partial charge in [-0.25, -0.2) is 0 Å². The van der Waals surface area contributed by atoms with E-state index < -0.39 is 33.0 Å². The minimum Gasteiger partial charge on any atom is -1.00 e. The van der Waals surface area contributed by atoms with Crippen molar-refractivity contribution < 1.29 is 59.3 Å². The first kappa shape index (κ1) is 37.3. The van der Waals surface area contributed by atoms with Crippen molar-refractivity contribution in [1.82, 2.24) is 0 Å². The zero-order chi connectivity index (χ0) is 32.3. The Morgan fingerprint density at radius 1 is 0.660 bits per heavy atom. The fraction of sp³-hybridized carbons (Fsp3) is 0.293. The van der Waals surface area contributed by atoms with E-state index in [2.05, 4.69) is 127 Å². The number of fused-ring (bicyclic) bond motifs is 3. The molecule has 0 spiro atoms. The molecule has 0 radical (unpaired) electrons. The van der Waals surface area contributed by atoms with Gasteiger partial charge in [0, 0.05) is 0 Å². The molecule has 2 aliphatic rings. The average molecular weight is 753 g/mol. The summed E-state index contributed by atoms with van der Waals surface area (Å²) in [4.78, 5) is 0. The molecule has 6 rings (SSSR count). The van der Waals surface area contributed by atoms with Crippen LogP contribution in [0, 0.1) is 6.92 Å². The van der Waals surface area contributed by atoms with E-state index in [1.54, 1.807) is 6.07 Å². The molecule has 0 nitrogen and oxygen atoms in total. The third-order valence-corrected chi connectivity index (χ3v) is 17.1. The van der Waals surface area contributed by atoms with Crippen LogP contribution >= 0.6 is 0 Å². The summed E-state index contributed by atoms with van der Waals surface area (Å²) >= 11 is -3.10. The maximum atomic E-state index is 14.1. The molecule has 0 saturated heterocycles. The van der Waals surface area contributed by atoms with Crippen LogP contribution in [0.25, 0.3) is 11.1 Å². The fourth-order valence-electron chi connectivity index (χ4n) is 6.57. The van der Waals surface area contributed by atoms with Crippen LogP contribution in [0.5, 0.6) is 0 Å². The molecule has 0 atom stereocenters. The zero-order valence-corrected chi connectivity index (χ0v) is 32.0. The minimum atomic E-state index is -4.41. The predicted octanol–water partition coefficient (Wildman–Crippen LogP) is 4.62. The summed E-state index contributed by atoms with van der Waals surface area (Å²) in [7, 11) is 0. The molecule has 2 aliphatic carbocycles. The molecule has 0 N–H and O–H groups in total. The van der Waals surface area contributed by atoms with Crippen LogP contribution < -0.4 is 28.1 Å². The summed E-state index contributed by atoms with van der Waals surface area (Å²) in [5.41, 5.74) is 10.1. The van der Waals surface area contributed by atoms with Crippen molar-refractivity contribution in [1.29, 1.82) is 0 Å². The van der Waals surface area contributed by atoms with Gasteiger partial charge in [-0.2, -0.15) is 0 Å². The first-order valence-corrected chi connectivity index (χ1v) is 19.6. The molecule has 6 heteroatoms. The number of halogens is 5. The van der Waals surface area contributed by atoms with Gasteiger partial charge in [-0.3, -0.25) is 0 Å². The van der Waals surface area contributed by atoms with E-state index >= 15 is 0 Å². The molecule has 4 aromatic rings. The summed E-state index contributed by atoms with van der Waals surface area (Å²) in [6.45, 7) is 15.6. The van der Waals surface area contributed by atoms with Gasteiger partial charge < -0.3 is 24.8 Å². The molecule has 0 amide bonds. The third-order valence-electron chi connectivity index (χ3n) is 9.21. The minimum absolute atomic E-state index is 0. The Balaban J connectivity index is 0.00000250. The molecule has 0 unspecified atom stereocenters. The first-order chi connectivity index (χ1) is 21.1. The Labute approximate surface area is 298 Å². The number of aryl methyl sites for hydroxylation is 1. The van der Waals surface area contributed by atoms with Gasteiger partial charge in [0.1, 0.15) is 0 Å². The van der Waals surface area contributed by atoms with Gasteiger partial charge in [-0.1, -0.05) is 0 Å². The summed E-state index contributed by atoms with van der Waals surface area (Å²) in [5.74, 6) is 0. The number of benzene rings is 4. The second-order valence-corrected chi connectivity index (χ2v) is 20.9. The normalized spacial score (nSPS) is 14.3. The Kier molecular flexibility index (Phi) is 10.9. The Bertz CT molecular complexity index is 1870. The Morgan fingerprint density at radius 2 is 1.28 bits per heavy atom. The summed E-state index contributed by atoms with van der Waals surface area (Å²) in [6.07, 6.45) is 5.23. The number of allylic oxidation sites excluding steroid dienone is 4. The molecule has 0 bridgehead atoms. The van der Waals surface area contributed by atoms with Crippen LogP contribution in [0.2, 0.25) is 3.63 Å². The number of hydrogen-bond acceptors (Lipinski definition) is 0. The van der Waals surface area contributed by atoms with Gasteiger partial charge in [0.05, 0.1) is 0 Å². The maximum Gasteiger partial charge on any atom is -1.00 e. The number of hydrogen-bond donors (Lipinski definition) is 0. The van der Waals surface area contributed by atoms with Gasteiger partial charge >= 0.3 is 275 Å². The standard InChI is InChI=1S/C21H25.C15H11F3.C5H5.2ClH.Zr/c1-20(2,3)16-9-7-14-11-15-8-10-17(21(4,5)6)13-19(15)18(14)12-16;1-11-5-7-12(8-6-11)9-13-3-2-4-14(10-13)15(16,17)18;1-2-4-5-3-1;;;/h7,9-10,12-13H,11H2,1-6H3;2-8,10H,1H3;1-5H;2*1H;/q;;;;;+2/p-2. The molecule has 0 fully saturated rings. The SMILES string of the molecule is Cc1ccc([C](c2cccc(C(F)(F)F)c2)=[Zr+2]([c]2cc(C(C)(C)C)cc3c2Cc2ccc(C(C)(C)C)cc2-3)[CH]2C=CC=C2)cc1.[Cl-].[Cl-]. The molecule has 0 saturated carbocycles. The molecular weight excluding hydrogens is 712 g/mol. The Hall–Kier alpha value is -2.52. The van der Waals surface area contributed by atoms with Crippen molar-refractivity contribution in [3.05, 3.63) is 148 Å². The van der Waals surface area contributed by atoms with Gasteiger partial charge in [0.2, 0.25) is 0 Å². The van der Waals surface area contributed by atoms with Crippen LogP contribution in [0.15, 0.2) is 103 Å². The van der Waals surface area contributed by atoms with E-state index in [9.17, 15) is 13.2 Å². The summed E-state index contributed by atoms with van der Waals surface area (Å²) < 4.78 is 45.1. The zero-order valence-electron chi connectivity index (χ0n) is 28.0. The average Bonchev–Trinajstić information content (AvgIpc) is 3.63. The van der Waals surface area contributed by atoms with Gasteiger partial charge in [0.15, 0.2) is 0 Å². The van der Waals surface area contributed by atoms with Crippen molar-refractivity contribution in [2.24, 2.45) is 0 Å². The van der Waals surface area contributed by atoms with Crippen molar-refractivity contribution >= 4 is 6.48 Å². The van der Waals surface area contributed by atoms with E-state index in [-0.39, 0.29) is 39.3 Å². The second-order valence-electron chi connectivity index (χ2n) is 14.6. The Morgan fingerprint density at radius 3 is 1.87 bits per heavy atom. The topological polar surface area (TPSA) is 0 Å². The van der Waals surface area contributed by atoms with Crippen LogP contribution in [-0.4, -0.2) is 3.21 Å². The largest absolute Gasteiger partial charge is 1.00 e. The van der Waals surface area contributed by atoms with E-state index in [4.69, 9.17) is 0 Å². The molecule has 4 aromatic carbocycles. The number of alkyl halides is 3. The monoisotopic (exact) mass is 750 g/mol. The van der Waals surface area contributed by atoms with Crippen molar-refractivity contribution in [2.75, 3.05) is 0 Å². The molecule has 0 aromatic heterocycles. The number of rotatable bonds is 4. The van der Waals surface area contributed by atoms with Crippen molar-refractivity contribution in [2.45, 2.75) is 75.5 Å². The van der Waals surface area contributed by atoms with E-state index in [1.165, 1.54) is 48.8 Å². The van der Waals surface area contributed by atoms with Gasteiger partial charge in [0.25, 0.3) is 0 Å². The quantitative estimate of drug-likeness (QED) is 0.252. The van der Waals surface area contributed by atoms with Gasteiger partial charge in [-0.15, -0.1) is 0 Å². The predicted molar refractivity (Wildman–Crippen MR) is 180 cm³/mol.